The summed E-state index contributed by atoms with van der Waals surface area (Å²) < 4.78 is 11.1. The van der Waals surface area contributed by atoms with Crippen molar-refractivity contribution in [3.05, 3.63) is 10.7 Å². The van der Waals surface area contributed by atoms with Crippen molar-refractivity contribution < 1.29 is 9.47 Å². The second-order valence-electron chi connectivity index (χ2n) is 3.87. The summed E-state index contributed by atoms with van der Waals surface area (Å²) in [5, 5.41) is 3.09. The van der Waals surface area contributed by atoms with Crippen molar-refractivity contribution in [2.75, 3.05) is 26.1 Å². The van der Waals surface area contributed by atoms with Crippen LogP contribution in [-0.4, -0.2) is 36.3 Å². The molecule has 0 spiro atoms. The molecule has 0 unspecified atom stereocenters. The number of hydrogen-bond donors (Lipinski definition) is 1. The van der Waals surface area contributed by atoms with Crippen LogP contribution in [0.1, 0.15) is 13.8 Å². The molecule has 90 valence electrons. The number of ether oxygens (including phenoxy) is 2. The lowest BCUT2D eigenvalue weighted by Crippen LogP contribution is -2.32. The molecule has 0 fully saturated rings. The number of hydrogen-bond acceptors (Lipinski definition) is 5. The van der Waals surface area contributed by atoms with E-state index in [-0.39, 0.29) is 5.60 Å². The minimum absolute atomic E-state index is 0.260. The average Bonchev–Trinajstić information content (AvgIpc) is 2.28. The smallest absolute Gasteiger partial charge is 0.232 e. The number of rotatable bonds is 5. The van der Waals surface area contributed by atoms with Crippen LogP contribution < -0.4 is 10.1 Å². The second kappa shape index (κ2) is 5.45. The van der Waals surface area contributed by atoms with Gasteiger partial charge in [0.15, 0.2) is 0 Å². The highest BCUT2D eigenvalue weighted by atomic mass is 79.9. The van der Waals surface area contributed by atoms with Gasteiger partial charge >= 0.3 is 0 Å². The van der Waals surface area contributed by atoms with Gasteiger partial charge in [0.05, 0.1) is 23.4 Å². The second-order valence-corrected chi connectivity index (χ2v) is 4.72. The first kappa shape index (κ1) is 13.2. The number of nitrogens with one attached hydrogen (secondary N) is 1. The highest BCUT2D eigenvalue weighted by Crippen LogP contribution is 2.22. The summed E-state index contributed by atoms with van der Waals surface area (Å²) in [5.74, 6) is 1.03. The van der Waals surface area contributed by atoms with Gasteiger partial charge in [-0.2, -0.15) is 4.98 Å². The Morgan fingerprint density at radius 3 is 2.69 bits per heavy atom. The normalized spacial score (nSPS) is 11.3. The summed E-state index contributed by atoms with van der Waals surface area (Å²) >= 11 is 3.29. The van der Waals surface area contributed by atoms with Gasteiger partial charge in [0.2, 0.25) is 11.8 Å². The van der Waals surface area contributed by atoms with E-state index in [1.807, 2.05) is 13.8 Å². The molecule has 0 aromatic carbocycles. The highest BCUT2D eigenvalue weighted by molar-refractivity contribution is 9.10. The number of methoxy groups -OCH3 is 2. The Labute approximate surface area is 104 Å². The molecule has 1 heterocycles. The van der Waals surface area contributed by atoms with Crippen LogP contribution in [0.3, 0.4) is 0 Å². The molecule has 0 aliphatic rings. The summed E-state index contributed by atoms with van der Waals surface area (Å²) in [6, 6.07) is 0. The van der Waals surface area contributed by atoms with Crippen LogP contribution in [0.2, 0.25) is 0 Å². The molecule has 5 nitrogen and oxygen atoms in total. The van der Waals surface area contributed by atoms with E-state index in [1.165, 1.54) is 0 Å². The maximum absolute atomic E-state index is 5.28. The third-order valence-electron chi connectivity index (χ3n) is 2.13. The Balaban J connectivity index is 2.68. The lowest BCUT2D eigenvalue weighted by Gasteiger charge is -2.23. The first-order valence-electron chi connectivity index (χ1n) is 4.84. The number of nitrogens with zero attached hydrogens (tertiary/aromatic N) is 2. The van der Waals surface area contributed by atoms with Gasteiger partial charge in [0, 0.05) is 13.7 Å². The predicted molar refractivity (Wildman–Crippen MR) is 65.9 cm³/mol. The molecule has 0 amide bonds. The molecule has 6 heteroatoms. The highest BCUT2D eigenvalue weighted by Gasteiger charge is 2.16. The van der Waals surface area contributed by atoms with Crippen LogP contribution in [0.5, 0.6) is 5.88 Å². The van der Waals surface area contributed by atoms with Gasteiger partial charge in [-0.3, -0.25) is 0 Å². The minimum atomic E-state index is -0.260. The molecule has 1 aromatic rings. The van der Waals surface area contributed by atoms with Gasteiger partial charge in [0.25, 0.3) is 0 Å². The fourth-order valence-corrected chi connectivity index (χ4v) is 1.30. The van der Waals surface area contributed by atoms with Crippen molar-refractivity contribution in [2.45, 2.75) is 19.4 Å². The molecule has 1 rings (SSSR count). The number of halogens is 1. The fraction of sp³-hybridized carbons (Fsp3) is 0.600. The van der Waals surface area contributed by atoms with E-state index in [0.29, 0.717) is 18.4 Å². The van der Waals surface area contributed by atoms with E-state index < -0.39 is 0 Å². The molecular formula is C10H16BrN3O2. The Morgan fingerprint density at radius 1 is 1.44 bits per heavy atom. The fourth-order valence-electron chi connectivity index (χ4n) is 0.944. The monoisotopic (exact) mass is 289 g/mol. The standard InChI is InChI=1S/C10H16BrN3O2/c1-10(2,16-4)6-13-9-12-5-7(11)8(14-9)15-3/h5H,6H2,1-4H3,(H,12,13,14). The zero-order valence-electron chi connectivity index (χ0n) is 9.87. The largest absolute Gasteiger partial charge is 0.480 e. The third-order valence-corrected chi connectivity index (χ3v) is 2.67. The maximum Gasteiger partial charge on any atom is 0.232 e. The maximum atomic E-state index is 5.28. The SMILES string of the molecule is COc1nc(NCC(C)(C)OC)ncc1Br. The summed E-state index contributed by atoms with van der Waals surface area (Å²) in [7, 11) is 3.24. The van der Waals surface area contributed by atoms with Crippen molar-refractivity contribution in [2.24, 2.45) is 0 Å². The van der Waals surface area contributed by atoms with Crippen LogP contribution in [0.4, 0.5) is 5.95 Å². The molecule has 0 aliphatic carbocycles. The predicted octanol–water partition coefficient (Wildman–Crippen LogP) is 2.08. The van der Waals surface area contributed by atoms with E-state index in [4.69, 9.17) is 9.47 Å². The zero-order chi connectivity index (χ0) is 12.2. The molecular weight excluding hydrogens is 274 g/mol. The van der Waals surface area contributed by atoms with Crippen LogP contribution in [-0.2, 0) is 4.74 Å². The van der Waals surface area contributed by atoms with Gasteiger partial charge in [-0.05, 0) is 29.8 Å². The van der Waals surface area contributed by atoms with Crippen LogP contribution in [0, 0.1) is 0 Å². The summed E-state index contributed by atoms with van der Waals surface area (Å²) in [6.07, 6.45) is 1.65. The molecule has 0 bridgehead atoms. The first-order chi connectivity index (χ1) is 7.48. The minimum Gasteiger partial charge on any atom is -0.480 e. The zero-order valence-corrected chi connectivity index (χ0v) is 11.5. The Morgan fingerprint density at radius 2 is 2.12 bits per heavy atom. The van der Waals surface area contributed by atoms with Gasteiger partial charge < -0.3 is 14.8 Å². The summed E-state index contributed by atoms with van der Waals surface area (Å²) in [6.45, 7) is 4.58. The van der Waals surface area contributed by atoms with Crippen LogP contribution in [0.15, 0.2) is 10.7 Å². The van der Waals surface area contributed by atoms with Crippen molar-refractivity contribution in [1.29, 1.82) is 0 Å². The van der Waals surface area contributed by atoms with Crippen molar-refractivity contribution in [3.63, 3.8) is 0 Å². The molecule has 0 radical (unpaired) electrons. The molecule has 0 saturated carbocycles. The molecule has 0 atom stereocenters. The van der Waals surface area contributed by atoms with Crippen molar-refractivity contribution in [3.8, 4) is 5.88 Å². The lowest BCUT2D eigenvalue weighted by atomic mass is 10.1. The van der Waals surface area contributed by atoms with E-state index in [9.17, 15) is 0 Å². The van der Waals surface area contributed by atoms with Gasteiger partial charge in [0.1, 0.15) is 0 Å². The van der Waals surface area contributed by atoms with E-state index >= 15 is 0 Å². The summed E-state index contributed by atoms with van der Waals surface area (Å²) in [4.78, 5) is 8.30. The third kappa shape index (κ3) is 3.61. The van der Waals surface area contributed by atoms with Crippen LogP contribution >= 0.6 is 15.9 Å². The summed E-state index contributed by atoms with van der Waals surface area (Å²) in [5.41, 5.74) is -0.260. The quantitative estimate of drug-likeness (QED) is 0.899. The molecule has 1 aromatic heterocycles. The first-order valence-corrected chi connectivity index (χ1v) is 5.63. The molecule has 1 N–H and O–H groups in total. The number of aromatic nitrogens is 2. The van der Waals surface area contributed by atoms with Crippen molar-refractivity contribution >= 4 is 21.9 Å². The Hall–Kier alpha value is -0.880. The Bertz CT molecular complexity index is 358. The van der Waals surface area contributed by atoms with Crippen LogP contribution in [0.25, 0.3) is 0 Å². The average molecular weight is 290 g/mol. The molecule has 16 heavy (non-hydrogen) atoms. The topological polar surface area (TPSA) is 56.3 Å². The van der Waals surface area contributed by atoms with E-state index in [1.54, 1.807) is 20.4 Å². The lowest BCUT2D eigenvalue weighted by molar-refractivity contribution is 0.0342. The van der Waals surface area contributed by atoms with E-state index in [0.717, 1.165) is 4.47 Å². The Kier molecular flexibility index (Phi) is 4.49. The number of anilines is 1. The van der Waals surface area contributed by atoms with Gasteiger partial charge in [-0.25, -0.2) is 4.98 Å². The molecule has 0 saturated heterocycles. The van der Waals surface area contributed by atoms with E-state index in [2.05, 4.69) is 31.2 Å². The molecule has 0 aliphatic heterocycles. The van der Waals surface area contributed by atoms with Gasteiger partial charge in [-0.15, -0.1) is 0 Å². The van der Waals surface area contributed by atoms with Crippen molar-refractivity contribution in [1.82, 2.24) is 9.97 Å². The van der Waals surface area contributed by atoms with Gasteiger partial charge in [-0.1, -0.05) is 0 Å².